The summed E-state index contributed by atoms with van der Waals surface area (Å²) in [7, 11) is 0. The highest BCUT2D eigenvalue weighted by Crippen LogP contribution is 2.20. The van der Waals surface area contributed by atoms with E-state index in [9.17, 15) is 14.4 Å². The molecule has 3 rings (SSSR count). The summed E-state index contributed by atoms with van der Waals surface area (Å²) in [6, 6.07) is 22.2. The second-order valence-corrected chi connectivity index (χ2v) is 9.03. The number of nitrogens with zero attached hydrogens (tertiary/aromatic N) is 1. The summed E-state index contributed by atoms with van der Waals surface area (Å²) in [4.78, 5) is 39.1. The van der Waals surface area contributed by atoms with Crippen molar-refractivity contribution < 1.29 is 19.1 Å². The van der Waals surface area contributed by atoms with Crippen LogP contribution in [0.3, 0.4) is 0 Å². The summed E-state index contributed by atoms with van der Waals surface area (Å²) in [5.74, 6) is -1.18. The highest BCUT2D eigenvalue weighted by atomic mass is 16.5. The van der Waals surface area contributed by atoms with Crippen LogP contribution in [0.25, 0.3) is 10.8 Å². The zero-order valence-electron chi connectivity index (χ0n) is 20.8. The summed E-state index contributed by atoms with van der Waals surface area (Å²) >= 11 is 0. The first-order chi connectivity index (χ1) is 17.4. The maximum Gasteiger partial charge on any atom is 0.306 e. The molecule has 4 N–H and O–H groups in total. The molecule has 0 radical (unpaired) electrons. The number of benzene rings is 3. The molecule has 0 aliphatic rings. The van der Waals surface area contributed by atoms with Gasteiger partial charge in [-0.2, -0.15) is 0 Å². The molecule has 2 atom stereocenters. The summed E-state index contributed by atoms with van der Waals surface area (Å²) in [6.45, 7) is 2.58. The van der Waals surface area contributed by atoms with Crippen LogP contribution < -0.4 is 11.5 Å². The van der Waals surface area contributed by atoms with Crippen LogP contribution in [-0.4, -0.2) is 41.3 Å². The van der Waals surface area contributed by atoms with E-state index in [1.165, 1.54) is 0 Å². The maximum atomic E-state index is 13.3. The van der Waals surface area contributed by atoms with Gasteiger partial charge in [0.05, 0.1) is 6.04 Å². The smallest absolute Gasteiger partial charge is 0.306 e. The Morgan fingerprint density at radius 3 is 2.31 bits per heavy atom. The van der Waals surface area contributed by atoms with Crippen molar-refractivity contribution in [3.63, 3.8) is 0 Å². The average Bonchev–Trinajstić information content (AvgIpc) is 2.88. The normalized spacial score (nSPS) is 12.6. The largest absolute Gasteiger partial charge is 0.461 e. The zero-order valence-corrected chi connectivity index (χ0v) is 20.8. The molecule has 7 nitrogen and oxygen atoms in total. The highest BCUT2D eigenvalue weighted by Gasteiger charge is 2.29. The van der Waals surface area contributed by atoms with Gasteiger partial charge in [0.1, 0.15) is 6.61 Å². The molecule has 0 spiro atoms. The number of carbonyl (C=O) groups is 3. The first kappa shape index (κ1) is 26.9. The van der Waals surface area contributed by atoms with Crippen LogP contribution in [0.15, 0.2) is 72.8 Å². The summed E-state index contributed by atoms with van der Waals surface area (Å²) in [5.41, 5.74) is 13.7. The molecular weight excluding hydrogens is 454 g/mol. The fourth-order valence-electron chi connectivity index (χ4n) is 4.30. The van der Waals surface area contributed by atoms with Gasteiger partial charge in [-0.05, 0) is 41.2 Å². The number of fused-ring (bicyclic) bond motifs is 1. The van der Waals surface area contributed by atoms with Gasteiger partial charge >= 0.3 is 5.97 Å². The van der Waals surface area contributed by atoms with Crippen LogP contribution in [0.1, 0.15) is 43.7 Å². The van der Waals surface area contributed by atoms with E-state index in [-0.39, 0.29) is 31.8 Å². The van der Waals surface area contributed by atoms with E-state index in [0.29, 0.717) is 19.4 Å². The Bertz CT molecular complexity index is 1170. The van der Waals surface area contributed by atoms with Crippen LogP contribution >= 0.6 is 0 Å². The summed E-state index contributed by atoms with van der Waals surface area (Å²) in [6.07, 6.45) is 1.40. The number of amides is 2. The Balaban J connectivity index is 1.65. The van der Waals surface area contributed by atoms with Crippen LogP contribution in [0, 0.1) is 0 Å². The lowest BCUT2D eigenvalue weighted by Crippen LogP contribution is -2.51. The second-order valence-electron chi connectivity index (χ2n) is 9.03. The molecule has 3 aromatic carbocycles. The van der Waals surface area contributed by atoms with E-state index in [2.05, 4.69) is 6.07 Å². The lowest BCUT2D eigenvalue weighted by Gasteiger charge is -2.33. The average molecular weight is 490 g/mol. The van der Waals surface area contributed by atoms with E-state index >= 15 is 0 Å². The predicted octanol–water partition coefficient (Wildman–Crippen LogP) is 3.72. The lowest BCUT2D eigenvalue weighted by molar-refractivity contribution is -0.145. The van der Waals surface area contributed by atoms with Crippen molar-refractivity contribution in [3.8, 4) is 0 Å². The maximum absolute atomic E-state index is 13.3. The van der Waals surface area contributed by atoms with E-state index in [1.54, 1.807) is 4.90 Å². The van der Waals surface area contributed by atoms with E-state index in [1.807, 2.05) is 73.7 Å². The van der Waals surface area contributed by atoms with Crippen LogP contribution in [-0.2, 0) is 32.1 Å². The monoisotopic (exact) mass is 489 g/mol. The van der Waals surface area contributed by atoms with Crippen LogP contribution in [0.5, 0.6) is 0 Å². The molecule has 2 amide bonds. The van der Waals surface area contributed by atoms with Gasteiger partial charge in [0.2, 0.25) is 11.8 Å². The van der Waals surface area contributed by atoms with Crippen LogP contribution in [0.2, 0.25) is 0 Å². The molecule has 0 aliphatic heterocycles. The molecular formula is C29H35N3O4. The van der Waals surface area contributed by atoms with E-state index < -0.39 is 24.0 Å². The van der Waals surface area contributed by atoms with Crippen molar-refractivity contribution in [2.24, 2.45) is 11.5 Å². The molecule has 190 valence electrons. The summed E-state index contributed by atoms with van der Waals surface area (Å²) < 4.78 is 5.30. The minimum absolute atomic E-state index is 0.0321. The number of carbonyl (C=O) groups excluding carboxylic acids is 3. The van der Waals surface area contributed by atoms with Crippen molar-refractivity contribution in [3.05, 3.63) is 83.9 Å². The molecule has 0 heterocycles. The fourth-order valence-corrected chi connectivity index (χ4v) is 4.30. The molecule has 0 saturated carbocycles. The minimum Gasteiger partial charge on any atom is -0.461 e. The van der Waals surface area contributed by atoms with E-state index in [0.717, 1.165) is 21.9 Å². The van der Waals surface area contributed by atoms with Crippen molar-refractivity contribution in [2.45, 2.75) is 57.7 Å². The Kier molecular flexibility index (Phi) is 10.0. The van der Waals surface area contributed by atoms with Crippen LogP contribution in [0.4, 0.5) is 0 Å². The lowest BCUT2D eigenvalue weighted by atomic mass is 9.97. The number of hydrogen-bond donors (Lipinski definition) is 2. The van der Waals surface area contributed by atoms with E-state index in [4.69, 9.17) is 16.2 Å². The van der Waals surface area contributed by atoms with Crippen molar-refractivity contribution in [2.75, 3.05) is 6.54 Å². The van der Waals surface area contributed by atoms with Crippen molar-refractivity contribution >= 4 is 28.6 Å². The third-order valence-electron chi connectivity index (χ3n) is 6.13. The van der Waals surface area contributed by atoms with Gasteiger partial charge in [-0.25, -0.2) is 0 Å². The topological polar surface area (TPSA) is 116 Å². The molecule has 0 unspecified atom stereocenters. The quantitative estimate of drug-likeness (QED) is 0.355. The van der Waals surface area contributed by atoms with Gasteiger partial charge in [0, 0.05) is 25.4 Å². The molecule has 0 bridgehead atoms. The SMILES string of the molecule is CCCN(C(=O)[C@@H](N)CCC(=O)OCc1ccccc1)[C@H](CC(N)=O)Cc1ccc2ccccc2c1. The number of primary amides is 1. The highest BCUT2D eigenvalue weighted by molar-refractivity contribution is 5.84. The first-order valence-electron chi connectivity index (χ1n) is 12.4. The summed E-state index contributed by atoms with van der Waals surface area (Å²) in [5, 5.41) is 2.21. The van der Waals surface area contributed by atoms with Gasteiger partial charge in [-0.3, -0.25) is 14.4 Å². The molecule has 0 fully saturated rings. The molecule has 0 saturated heterocycles. The van der Waals surface area contributed by atoms with Gasteiger partial charge in [-0.1, -0.05) is 79.7 Å². The molecule has 3 aromatic rings. The van der Waals surface area contributed by atoms with Gasteiger partial charge in [-0.15, -0.1) is 0 Å². The molecule has 0 aromatic heterocycles. The van der Waals surface area contributed by atoms with Gasteiger partial charge < -0.3 is 21.1 Å². The number of ether oxygens (including phenoxy) is 1. The van der Waals surface area contributed by atoms with Gasteiger partial charge in [0.25, 0.3) is 0 Å². The van der Waals surface area contributed by atoms with Gasteiger partial charge in [0.15, 0.2) is 0 Å². The molecule has 0 aliphatic carbocycles. The third kappa shape index (κ3) is 7.92. The Hall–Kier alpha value is -3.71. The minimum atomic E-state index is -0.882. The predicted molar refractivity (Wildman–Crippen MR) is 141 cm³/mol. The number of rotatable bonds is 13. The standard InChI is InChI=1S/C29H35N3O4/c1-2-16-32(29(35)26(30)14-15-28(34)36-20-21-8-4-3-5-9-21)25(19-27(31)33)18-22-12-13-23-10-6-7-11-24(23)17-22/h3-13,17,25-26H,2,14-16,18-20,30H2,1H3,(H2,31,33)/t25-,26-/m0/s1. The Morgan fingerprint density at radius 1 is 0.917 bits per heavy atom. The number of esters is 1. The Morgan fingerprint density at radius 2 is 1.61 bits per heavy atom. The Labute approximate surface area is 212 Å². The third-order valence-corrected chi connectivity index (χ3v) is 6.13. The zero-order chi connectivity index (χ0) is 25.9. The molecule has 36 heavy (non-hydrogen) atoms. The fraction of sp³-hybridized carbons (Fsp3) is 0.345. The number of hydrogen-bond acceptors (Lipinski definition) is 5. The number of nitrogens with two attached hydrogens (primary N) is 2. The first-order valence-corrected chi connectivity index (χ1v) is 12.4. The van der Waals surface area contributed by atoms with Crippen molar-refractivity contribution in [1.29, 1.82) is 0 Å². The second kappa shape index (κ2) is 13.4. The van der Waals surface area contributed by atoms with Crippen molar-refractivity contribution in [1.82, 2.24) is 4.90 Å². The molecule has 7 heteroatoms.